The number of anilines is 1. The van der Waals surface area contributed by atoms with E-state index in [1.54, 1.807) is 0 Å². The molecule has 0 atom stereocenters. The van der Waals surface area contributed by atoms with E-state index in [0.717, 1.165) is 18.4 Å². The van der Waals surface area contributed by atoms with Crippen LogP contribution in [0.25, 0.3) is 0 Å². The van der Waals surface area contributed by atoms with Gasteiger partial charge in [0.2, 0.25) is 0 Å². The van der Waals surface area contributed by atoms with Gasteiger partial charge >= 0.3 is 5.97 Å². The van der Waals surface area contributed by atoms with Gasteiger partial charge in [0, 0.05) is 12.1 Å². The van der Waals surface area contributed by atoms with Gasteiger partial charge in [-0.15, -0.1) is 0 Å². The summed E-state index contributed by atoms with van der Waals surface area (Å²) in [6.07, 6.45) is 2.17. The number of nitrogens with one attached hydrogen (secondary N) is 1. The molecule has 0 spiro atoms. The van der Waals surface area contributed by atoms with Crippen LogP contribution in [0.4, 0.5) is 5.82 Å². The van der Waals surface area contributed by atoms with E-state index < -0.39 is 5.97 Å². The molecule has 3 rings (SSSR count). The number of aryl methyl sites for hydroxylation is 1. The largest absolute Gasteiger partial charge is 0.486 e. The average molecular weight is 299 g/mol. The number of benzene rings is 1. The number of nitrogens with zero attached hydrogens (tertiary/aromatic N) is 2. The molecule has 0 unspecified atom stereocenters. The van der Waals surface area contributed by atoms with E-state index in [9.17, 15) is 4.79 Å². The Hall–Kier alpha value is -2.63. The third kappa shape index (κ3) is 3.72. The minimum absolute atomic E-state index is 0.0272. The lowest BCUT2D eigenvalue weighted by Gasteiger charge is -2.09. The molecule has 1 saturated carbocycles. The van der Waals surface area contributed by atoms with Gasteiger partial charge in [-0.3, -0.25) is 0 Å². The van der Waals surface area contributed by atoms with Crippen LogP contribution in [0.15, 0.2) is 30.3 Å². The van der Waals surface area contributed by atoms with Gasteiger partial charge in [-0.2, -0.15) is 0 Å². The minimum atomic E-state index is -1.07. The third-order valence-electron chi connectivity index (χ3n) is 3.31. The molecule has 114 valence electrons. The fraction of sp³-hybridized carbons (Fsp3) is 0.312. The van der Waals surface area contributed by atoms with Crippen molar-refractivity contribution >= 4 is 11.8 Å². The molecule has 0 aliphatic heterocycles. The highest BCUT2D eigenvalue weighted by Crippen LogP contribution is 2.24. The number of carboxylic acids is 1. The van der Waals surface area contributed by atoms with Crippen LogP contribution in [0.2, 0.25) is 0 Å². The quantitative estimate of drug-likeness (QED) is 0.853. The number of aromatic carboxylic acids is 1. The van der Waals surface area contributed by atoms with Crippen molar-refractivity contribution in [2.75, 3.05) is 5.32 Å². The summed E-state index contributed by atoms with van der Waals surface area (Å²) in [5.41, 5.74) is 1.12. The second-order valence-electron chi connectivity index (χ2n) is 5.38. The lowest BCUT2D eigenvalue weighted by atomic mass is 10.2. The van der Waals surface area contributed by atoms with Crippen molar-refractivity contribution in [1.82, 2.24) is 9.97 Å². The first-order valence-electron chi connectivity index (χ1n) is 7.17. The molecule has 0 radical (unpaired) electrons. The van der Waals surface area contributed by atoms with E-state index >= 15 is 0 Å². The zero-order valence-electron chi connectivity index (χ0n) is 12.2. The Kier molecular flexibility index (Phi) is 3.91. The minimum Gasteiger partial charge on any atom is -0.486 e. The maximum atomic E-state index is 11.2. The molecule has 22 heavy (non-hydrogen) atoms. The third-order valence-corrected chi connectivity index (χ3v) is 3.31. The topological polar surface area (TPSA) is 84.3 Å². The highest BCUT2D eigenvalue weighted by molar-refractivity contribution is 5.86. The molecule has 2 N–H and O–H groups in total. The van der Waals surface area contributed by atoms with E-state index in [0.29, 0.717) is 23.4 Å². The van der Waals surface area contributed by atoms with E-state index in [-0.39, 0.29) is 12.3 Å². The smallest absolute Gasteiger partial charge is 0.354 e. The van der Waals surface area contributed by atoms with Crippen LogP contribution in [0, 0.1) is 6.92 Å². The number of rotatable bonds is 6. The Bertz CT molecular complexity index is 682. The lowest BCUT2D eigenvalue weighted by Crippen LogP contribution is -2.12. The molecular weight excluding hydrogens is 282 g/mol. The number of aromatic nitrogens is 2. The van der Waals surface area contributed by atoms with Gasteiger partial charge < -0.3 is 15.2 Å². The fourth-order valence-electron chi connectivity index (χ4n) is 1.96. The van der Waals surface area contributed by atoms with Gasteiger partial charge in [0.15, 0.2) is 11.5 Å². The van der Waals surface area contributed by atoms with Crippen LogP contribution in [0.5, 0.6) is 5.75 Å². The molecule has 1 fully saturated rings. The summed E-state index contributed by atoms with van der Waals surface area (Å²) in [7, 11) is 0. The second-order valence-corrected chi connectivity index (χ2v) is 5.38. The zero-order valence-corrected chi connectivity index (χ0v) is 12.2. The van der Waals surface area contributed by atoms with Crippen LogP contribution in [-0.4, -0.2) is 27.1 Å². The predicted octanol–water partition coefficient (Wildman–Crippen LogP) is 2.64. The summed E-state index contributed by atoms with van der Waals surface area (Å²) in [6, 6.07) is 9.46. The molecule has 1 aliphatic carbocycles. The van der Waals surface area contributed by atoms with E-state index in [2.05, 4.69) is 15.3 Å². The molecule has 1 aliphatic rings. The number of carboxylic acid groups (broad SMARTS) is 1. The summed E-state index contributed by atoms with van der Waals surface area (Å²) in [5, 5.41) is 12.3. The Morgan fingerprint density at radius 1 is 1.32 bits per heavy atom. The van der Waals surface area contributed by atoms with Crippen molar-refractivity contribution in [2.45, 2.75) is 32.4 Å². The van der Waals surface area contributed by atoms with Gasteiger partial charge in [0.1, 0.15) is 18.2 Å². The van der Waals surface area contributed by atoms with Gasteiger partial charge in [-0.25, -0.2) is 14.8 Å². The summed E-state index contributed by atoms with van der Waals surface area (Å²) >= 11 is 0. The summed E-state index contributed by atoms with van der Waals surface area (Å²) in [4.78, 5) is 19.5. The molecule has 0 amide bonds. The van der Waals surface area contributed by atoms with E-state index in [1.807, 2.05) is 31.2 Å². The first-order valence-corrected chi connectivity index (χ1v) is 7.17. The standard InChI is InChI=1S/C16H17N3O3/c1-10-2-6-12(7-3-10)22-9-15-18-13(16(20)21)8-14(19-15)17-11-4-5-11/h2-3,6-8,11H,4-5,9H2,1H3,(H,20,21)(H,17,18,19). The first-order chi connectivity index (χ1) is 10.6. The summed E-state index contributed by atoms with van der Waals surface area (Å²) in [6.45, 7) is 2.13. The van der Waals surface area contributed by atoms with E-state index in [1.165, 1.54) is 6.07 Å². The van der Waals surface area contributed by atoms with Crippen LogP contribution in [0.1, 0.15) is 34.7 Å². The molecule has 1 aromatic heterocycles. The van der Waals surface area contributed by atoms with Crippen molar-refractivity contribution in [1.29, 1.82) is 0 Å². The first kappa shape index (κ1) is 14.3. The van der Waals surface area contributed by atoms with Crippen molar-refractivity contribution in [3.05, 3.63) is 47.4 Å². The second kappa shape index (κ2) is 6.01. The van der Waals surface area contributed by atoms with Gasteiger partial charge in [0.05, 0.1) is 0 Å². The monoisotopic (exact) mass is 299 g/mol. The van der Waals surface area contributed by atoms with Crippen LogP contribution < -0.4 is 10.1 Å². The number of hydrogen-bond acceptors (Lipinski definition) is 5. The van der Waals surface area contributed by atoms with Gasteiger partial charge in [-0.05, 0) is 31.9 Å². The van der Waals surface area contributed by atoms with Crippen LogP contribution in [-0.2, 0) is 6.61 Å². The van der Waals surface area contributed by atoms with Crippen LogP contribution in [0.3, 0.4) is 0 Å². The van der Waals surface area contributed by atoms with Gasteiger partial charge in [0.25, 0.3) is 0 Å². The fourth-order valence-corrected chi connectivity index (χ4v) is 1.96. The Balaban J connectivity index is 1.74. The normalized spacial score (nSPS) is 13.7. The maximum absolute atomic E-state index is 11.2. The molecule has 6 nitrogen and oxygen atoms in total. The molecule has 1 aromatic carbocycles. The van der Waals surface area contributed by atoms with E-state index in [4.69, 9.17) is 9.84 Å². The summed E-state index contributed by atoms with van der Waals surface area (Å²) in [5.74, 6) is 0.519. The highest BCUT2D eigenvalue weighted by atomic mass is 16.5. The maximum Gasteiger partial charge on any atom is 0.354 e. The molecule has 1 heterocycles. The van der Waals surface area contributed by atoms with Crippen molar-refractivity contribution in [2.24, 2.45) is 0 Å². The average Bonchev–Trinajstić information content (AvgIpc) is 3.30. The van der Waals surface area contributed by atoms with Crippen molar-refractivity contribution in [3.63, 3.8) is 0 Å². The summed E-state index contributed by atoms with van der Waals surface area (Å²) < 4.78 is 5.61. The Morgan fingerprint density at radius 2 is 2.05 bits per heavy atom. The molecule has 2 aromatic rings. The molecule has 0 bridgehead atoms. The number of ether oxygens (including phenoxy) is 1. The lowest BCUT2D eigenvalue weighted by molar-refractivity contribution is 0.0689. The Morgan fingerprint density at radius 3 is 2.68 bits per heavy atom. The molecule has 6 heteroatoms. The zero-order chi connectivity index (χ0) is 15.5. The SMILES string of the molecule is Cc1ccc(OCc2nc(NC3CC3)cc(C(=O)O)n2)cc1. The van der Waals surface area contributed by atoms with Crippen molar-refractivity contribution < 1.29 is 14.6 Å². The number of hydrogen-bond donors (Lipinski definition) is 2. The van der Waals surface area contributed by atoms with Crippen LogP contribution >= 0.6 is 0 Å². The molecule has 0 saturated heterocycles. The van der Waals surface area contributed by atoms with Crippen molar-refractivity contribution in [3.8, 4) is 5.75 Å². The Labute approximate surface area is 128 Å². The predicted molar refractivity (Wildman–Crippen MR) is 81.1 cm³/mol. The number of carbonyl (C=O) groups is 1. The highest BCUT2D eigenvalue weighted by Gasteiger charge is 2.22. The van der Waals surface area contributed by atoms with Gasteiger partial charge in [-0.1, -0.05) is 17.7 Å². The molecular formula is C16H17N3O3.